The maximum Gasteiger partial charge on any atom is 0.147 e. The summed E-state index contributed by atoms with van der Waals surface area (Å²) in [6, 6.07) is 8.00. The first-order valence-electron chi connectivity index (χ1n) is 5.01. The van der Waals surface area contributed by atoms with Crippen LogP contribution < -0.4 is 5.32 Å². The molecule has 0 aliphatic heterocycles. The van der Waals surface area contributed by atoms with E-state index in [4.69, 9.17) is 0 Å². The second kappa shape index (κ2) is 5.07. The SMILES string of the molecule is Cc1ccc(NCc2ncccn2)c(Br)c1. The van der Waals surface area contributed by atoms with Crippen molar-refractivity contribution in [1.29, 1.82) is 0 Å². The Kier molecular flexibility index (Phi) is 3.51. The minimum Gasteiger partial charge on any atom is -0.377 e. The number of aromatic nitrogens is 2. The third-order valence-electron chi connectivity index (χ3n) is 2.18. The highest BCUT2D eigenvalue weighted by molar-refractivity contribution is 9.10. The number of hydrogen-bond donors (Lipinski definition) is 1. The predicted octanol–water partition coefficient (Wildman–Crippen LogP) is 3.16. The molecule has 1 heterocycles. The van der Waals surface area contributed by atoms with Crippen molar-refractivity contribution in [3.63, 3.8) is 0 Å². The number of aryl methyl sites for hydroxylation is 1. The van der Waals surface area contributed by atoms with Crippen LogP contribution in [0.15, 0.2) is 41.1 Å². The van der Waals surface area contributed by atoms with E-state index in [1.165, 1.54) is 5.56 Å². The summed E-state index contributed by atoms with van der Waals surface area (Å²) in [7, 11) is 0. The number of anilines is 1. The van der Waals surface area contributed by atoms with E-state index in [1.54, 1.807) is 12.4 Å². The van der Waals surface area contributed by atoms with E-state index < -0.39 is 0 Å². The minimum atomic E-state index is 0.627. The first kappa shape index (κ1) is 11.1. The first-order chi connectivity index (χ1) is 7.75. The fourth-order valence-electron chi connectivity index (χ4n) is 1.36. The molecule has 0 aliphatic carbocycles. The zero-order valence-electron chi connectivity index (χ0n) is 8.94. The van der Waals surface area contributed by atoms with E-state index in [1.807, 2.05) is 12.1 Å². The molecule has 82 valence electrons. The van der Waals surface area contributed by atoms with Gasteiger partial charge in [0.15, 0.2) is 0 Å². The van der Waals surface area contributed by atoms with Crippen molar-refractivity contribution in [2.75, 3.05) is 5.32 Å². The molecular weight excluding hydrogens is 266 g/mol. The third kappa shape index (κ3) is 2.79. The standard InChI is InChI=1S/C12H12BrN3/c1-9-3-4-11(10(13)7-9)16-8-12-14-5-2-6-15-12/h2-7,16H,8H2,1H3. The molecule has 2 rings (SSSR count). The van der Waals surface area contributed by atoms with Crippen LogP contribution in [0.5, 0.6) is 0 Å². The maximum atomic E-state index is 4.15. The molecule has 1 aromatic heterocycles. The molecule has 0 unspecified atom stereocenters. The molecular formula is C12H12BrN3. The molecule has 16 heavy (non-hydrogen) atoms. The Hall–Kier alpha value is -1.42. The number of rotatable bonds is 3. The Morgan fingerprint density at radius 2 is 2.00 bits per heavy atom. The van der Waals surface area contributed by atoms with Crippen molar-refractivity contribution < 1.29 is 0 Å². The van der Waals surface area contributed by atoms with Crippen molar-refractivity contribution in [3.05, 3.63) is 52.5 Å². The van der Waals surface area contributed by atoms with Gasteiger partial charge in [0.2, 0.25) is 0 Å². The van der Waals surface area contributed by atoms with Gasteiger partial charge in [-0.05, 0) is 46.6 Å². The number of hydrogen-bond acceptors (Lipinski definition) is 3. The Morgan fingerprint density at radius 1 is 1.25 bits per heavy atom. The van der Waals surface area contributed by atoms with Gasteiger partial charge in [0.05, 0.1) is 6.54 Å². The molecule has 0 bridgehead atoms. The van der Waals surface area contributed by atoms with Gasteiger partial charge in [-0.3, -0.25) is 0 Å². The van der Waals surface area contributed by atoms with Crippen LogP contribution >= 0.6 is 15.9 Å². The topological polar surface area (TPSA) is 37.8 Å². The molecule has 4 heteroatoms. The van der Waals surface area contributed by atoms with Crippen molar-refractivity contribution in [3.8, 4) is 0 Å². The van der Waals surface area contributed by atoms with Crippen molar-refractivity contribution >= 4 is 21.6 Å². The van der Waals surface area contributed by atoms with E-state index in [0.29, 0.717) is 6.54 Å². The monoisotopic (exact) mass is 277 g/mol. The van der Waals surface area contributed by atoms with Crippen LogP contribution in [0.1, 0.15) is 11.4 Å². The summed E-state index contributed by atoms with van der Waals surface area (Å²) >= 11 is 3.52. The highest BCUT2D eigenvalue weighted by atomic mass is 79.9. The van der Waals surface area contributed by atoms with Crippen LogP contribution in [0, 0.1) is 6.92 Å². The van der Waals surface area contributed by atoms with Crippen LogP contribution in [0.2, 0.25) is 0 Å². The molecule has 3 nitrogen and oxygen atoms in total. The van der Waals surface area contributed by atoms with Crippen LogP contribution in [0.4, 0.5) is 5.69 Å². The normalized spacial score (nSPS) is 10.1. The van der Waals surface area contributed by atoms with Gasteiger partial charge in [-0.1, -0.05) is 6.07 Å². The van der Waals surface area contributed by atoms with E-state index in [0.717, 1.165) is 16.0 Å². The third-order valence-corrected chi connectivity index (χ3v) is 2.84. The molecule has 0 saturated carbocycles. The summed E-state index contributed by atoms with van der Waals surface area (Å²) in [6.07, 6.45) is 3.49. The zero-order valence-corrected chi connectivity index (χ0v) is 10.5. The molecule has 0 fully saturated rings. The van der Waals surface area contributed by atoms with Crippen LogP contribution in [-0.4, -0.2) is 9.97 Å². The predicted molar refractivity (Wildman–Crippen MR) is 68.2 cm³/mol. The van der Waals surface area contributed by atoms with Crippen molar-refractivity contribution in [2.24, 2.45) is 0 Å². The van der Waals surface area contributed by atoms with Gasteiger partial charge in [-0.2, -0.15) is 0 Å². The second-order valence-electron chi connectivity index (χ2n) is 3.50. The van der Waals surface area contributed by atoms with Gasteiger partial charge in [-0.25, -0.2) is 9.97 Å². The molecule has 0 aliphatic rings. The molecule has 0 atom stereocenters. The number of halogens is 1. The van der Waals surface area contributed by atoms with E-state index >= 15 is 0 Å². The van der Waals surface area contributed by atoms with Crippen LogP contribution in [-0.2, 0) is 6.54 Å². The molecule has 1 N–H and O–H groups in total. The quantitative estimate of drug-likeness (QED) is 0.937. The summed E-state index contributed by atoms with van der Waals surface area (Å²) in [5.41, 5.74) is 2.28. The summed E-state index contributed by atoms with van der Waals surface area (Å²) < 4.78 is 1.06. The highest BCUT2D eigenvalue weighted by Crippen LogP contribution is 2.23. The lowest BCUT2D eigenvalue weighted by molar-refractivity contribution is 0.947. The van der Waals surface area contributed by atoms with Gasteiger partial charge < -0.3 is 5.32 Å². The fourth-order valence-corrected chi connectivity index (χ4v) is 1.99. The van der Waals surface area contributed by atoms with E-state index in [-0.39, 0.29) is 0 Å². The average molecular weight is 278 g/mol. The molecule has 0 radical (unpaired) electrons. The Labute approximate surface area is 103 Å². The van der Waals surface area contributed by atoms with Gasteiger partial charge in [0.1, 0.15) is 5.82 Å². The van der Waals surface area contributed by atoms with E-state index in [2.05, 4.69) is 50.3 Å². The Balaban J connectivity index is 2.05. The summed E-state index contributed by atoms with van der Waals surface area (Å²) in [6.45, 7) is 2.69. The lowest BCUT2D eigenvalue weighted by Crippen LogP contribution is -2.03. The van der Waals surface area contributed by atoms with Gasteiger partial charge in [0, 0.05) is 22.6 Å². The first-order valence-corrected chi connectivity index (χ1v) is 5.81. The van der Waals surface area contributed by atoms with E-state index in [9.17, 15) is 0 Å². The molecule has 0 amide bonds. The second-order valence-corrected chi connectivity index (χ2v) is 4.36. The molecule has 2 aromatic rings. The smallest absolute Gasteiger partial charge is 0.147 e. The molecule has 1 aromatic carbocycles. The average Bonchev–Trinajstić information content (AvgIpc) is 2.29. The van der Waals surface area contributed by atoms with Crippen molar-refractivity contribution in [1.82, 2.24) is 9.97 Å². The lowest BCUT2D eigenvalue weighted by Gasteiger charge is -2.08. The number of nitrogens with zero attached hydrogens (tertiary/aromatic N) is 2. The summed E-state index contributed by atoms with van der Waals surface area (Å²) in [4.78, 5) is 8.30. The fraction of sp³-hybridized carbons (Fsp3) is 0.167. The van der Waals surface area contributed by atoms with Gasteiger partial charge in [0.25, 0.3) is 0 Å². The summed E-state index contributed by atoms with van der Waals surface area (Å²) in [5, 5.41) is 3.28. The zero-order chi connectivity index (χ0) is 11.4. The Morgan fingerprint density at radius 3 is 2.69 bits per heavy atom. The largest absolute Gasteiger partial charge is 0.377 e. The number of nitrogens with one attached hydrogen (secondary N) is 1. The highest BCUT2D eigenvalue weighted by Gasteiger charge is 2.00. The van der Waals surface area contributed by atoms with Gasteiger partial charge in [-0.15, -0.1) is 0 Å². The molecule has 0 spiro atoms. The maximum absolute atomic E-state index is 4.15. The summed E-state index contributed by atoms with van der Waals surface area (Å²) in [5.74, 6) is 0.787. The van der Waals surface area contributed by atoms with Crippen molar-refractivity contribution in [2.45, 2.75) is 13.5 Å². The molecule has 0 saturated heterocycles. The Bertz CT molecular complexity index is 471. The lowest BCUT2D eigenvalue weighted by atomic mass is 10.2. The van der Waals surface area contributed by atoms with Gasteiger partial charge >= 0.3 is 0 Å². The number of benzene rings is 1. The van der Waals surface area contributed by atoms with Crippen LogP contribution in [0.25, 0.3) is 0 Å². The minimum absolute atomic E-state index is 0.627. The van der Waals surface area contributed by atoms with Crippen LogP contribution in [0.3, 0.4) is 0 Å².